The van der Waals surface area contributed by atoms with Gasteiger partial charge in [0.2, 0.25) is 11.9 Å². The molecule has 7 nitrogen and oxygen atoms in total. The third-order valence-electron chi connectivity index (χ3n) is 4.31. The van der Waals surface area contributed by atoms with Gasteiger partial charge in [0, 0.05) is 31.2 Å². The molecule has 0 aliphatic carbocycles. The van der Waals surface area contributed by atoms with Gasteiger partial charge >= 0.3 is 6.18 Å². The second-order valence-electron chi connectivity index (χ2n) is 6.99. The number of halogens is 3. The van der Waals surface area contributed by atoms with E-state index < -0.39 is 17.3 Å². The summed E-state index contributed by atoms with van der Waals surface area (Å²) >= 11 is 0. The van der Waals surface area contributed by atoms with Gasteiger partial charge in [0.1, 0.15) is 11.4 Å². The molecule has 0 spiro atoms. The molecule has 28 heavy (non-hydrogen) atoms. The highest BCUT2D eigenvalue weighted by molar-refractivity contribution is 5.99. The van der Waals surface area contributed by atoms with Crippen LogP contribution in [0.5, 0.6) is 0 Å². The number of fused-ring (bicyclic) bond motifs is 1. The largest absolute Gasteiger partial charge is 0.421 e. The number of anilines is 4. The summed E-state index contributed by atoms with van der Waals surface area (Å²) in [6.07, 6.45) is -3.62. The molecular weight excluding hydrogens is 375 g/mol. The van der Waals surface area contributed by atoms with Gasteiger partial charge in [-0.3, -0.25) is 4.79 Å². The molecule has 0 unspecified atom stereocenters. The molecule has 10 heteroatoms. The van der Waals surface area contributed by atoms with Crippen LogP contribution in [0.2, 0.25) is 0 Å². The third kappa shape index (κ3) is 4.50. The van der Waals surface area contributed by atoms with Gasteiger partial charge in [-0.25, -0.2) is 4.98 Å². The van der Waals surface area contributed by atoms with Crippen LogP contribution in [0.1, 0.15) is 25.0 Å². The van der Waals surface area contributed by atoms with E-state index in [2.05, 4.69) is 25.9 Å². The number of nitrogens with zero attached hydrogens (tertiary/aromatic N) is 2. The third-order valence-corrected chi connectivity index (χ3v) is 4.31. The molecule has 3 rings (SSSR count). The van der Waals surface area contributed by atoms with Crippen molar-refractivity contribution in [2.45, 2.75) is 32.0 Å². The number of hydrogen-bond acceptors (Lipinski definition) is 6. The molecule has 0 fully saturated rings. The Kier molecular flexibility index (Phi) is 5.16. The highest BCUT2D eigenvalue weighted by Gasteiger charge is 2.35. The minimum Gasteiger partial charge on any atom is -0.377 e. The molecule has 3 N–H and O–H groups in total. The Bertz CT molecular complexity index is 899. The van der Waals surface area contributed by atoms with E-state index in [1.54, 1.807) is 32.0 Å². The highest BCUT2D eigenvalue weighted by Crippen LogP contribution is 2.34. The van der Waals surface area contributed by atoms with E-state index >= 15 is 0 Å². The lowest BCUT2D eigenvalue weighted by Gasteiger charge is -2.24. The summed E-state index contributed by atoms with van der Waals surface area (Å²) in [6, 6.07) is 5.13. The van der Waals surface area contributed by atoms with Gasteiger partial charge in [-0.1, -0.05) is 0 Å². The van der Waals surface area contributed by atoms with Crippen LogP contribution < -0.4 is 16.0 Å². The van der Waals surface area contributed by atoms with E-state index in [0.717, 1.165) is 11.8 Å². The first-order valence-corrected chi connectivity index (χ1v) is 8.50. The molecule has 2 heterocycles. The predicted octanol–water partition coefficient (Wildman–Crippen LogP) is 3.57. The van der Waals surface area contributed by atoms with Crippen molar-refractivity contribution in [2.75, 3.05) is 29.6 Å². The average Bonchev–Trinajstić information content (AvgIpc) is 2.98. The number of carbonyl (C=O) groups is 1. The molecule has 0 saturated carbocycles. The smallest absolute Gasteiger partial charge is 0.377 e. The normalized spacial score (nSPS) is 13.9. The molecule has 0 bridgehead atoms. The lowest BCUT2D eigenvalue weighted by atomic mass is 10.1. The Labute approximate surface area is 159 Å². The van der Waals surface area contributed by atoms with Crippen LogP contribution in [0, 0.1) is 0 Å². The minimum atomic E-state index is -4.60. The fourth-order valence-corrected chi connectivity index (χ4v) is 2.59. The highest BCUT2D eigenvalue weighted by atomic mass is 19.4. The SMILES string of the molecule is COC(C)(C)CNc1nc(Nc2ccc3c(c2)CC(=O)N3)ncc1C(F)(F)F. The van der Waals surface area contributed by atoms with Crippen molar-refractivity contribution in [3.05, 3.63) is 35.5 Å². The van der Waals surface area contributed by atoms with E-state index in [9.17, 15) is 18.0 Å². The number of nitrogens with one attached hydrogen (secondary N) is 3. The fraction of sp³-hybridized carbons (Fsp3) is 0.389. The second-order valence-corrected chi connectivity index (χ2v) is 6.99. The number of aromatic nitrogens is 2. The summed E-state index contributed by atoms with van der Waals surface area (Å²) in [4.78, 5) is 19.2. The number of amides is 1. The second kappa shape index (κ2) is 7.27. The number of hydrogen-bond donors (Lipinski definition) is 3. The first-order chi connectivity index (χ1) is 13.1. The molecule has 1 aromatic heterocycles. The number of ether oxygens (including phenoxy) is 1. The lowest BCUT2D eigenvalue weighted by molar-refractivity contribution is -0.137. The summed E-state index contributed by atoms with van der Waals surface area (Å²) in [6.45, 7) is 3.61. The van der Waals surface area contributed by atoms with E-state index in [0.29, 0.717) is 11.4 Å². The molecule has 1 amide bonds. The summed E-state index contributed by atoms with van der Waals surface area (Å²) in [5, 5.41) is 8.29. The molecular formula is C18H20F3N5O2. The molecule has 0 saturated heterocycles. The van der Waals surface area contributed by atoms with Crippen molar-refractivity contribution >= 4 is 29.0 Å². The Balaban J connectivity index is 1.85. The number of methoxy groups -OCH3 is 1. The standard InChI is InChI=1S/C18H20F3N5O2/c1-17(2,28-3)9-23-15-12(18(19,20)21)8-22-16(26-15)24-11-4-5-13-10(6-11)7-14(27)25-13/h4-6,8H,7,9H2,1-3H3,(H,25,27)(H2,22,23,24,26). The maximum Gasteiger partial charge on any atom is 0.421 e. The maximum absolute atomic E-state index is 13.3. The van der Waals surface area contributed by atoms with Crippen LogP contribution in [-0.4, -0.2) is 35.1 Å². The van der Waals surface area contributed by atoms with Gasteiger partial charge in [0.25, 0.3) is 0 Å². The van der Waals surface area contributed by atoms with Gasteiger partial charge in [0.15, 0.2) is 0 Å². The predicted molar refractivity (Wildman–Crippen MR) is 98.7 cm³/mol. The van der Waals surface area contributed by atoms with Crippen molar-refractivity contribution in [1.82, 2.24) is 9.97 Å². The summed E-state index contributed by atoms with van der Waals surface area (Å²) in [5.74, 6) is -0.443. The summed E-state index contributed by atoms with van der Waals surface area (Å²) < 4.78 is 45.1. The van der Waals surface area contributed by atoms with Crippen molar-refractivity contribution in [3.63, 3.8) is 0 Å². The van der Waals surface area contributed by atoms with Crippen molar-refractivity contribution in [2.24, 2.45) is 0 Å². The minimum absolute atomic E-state index is 0.00274. The molecule has 1 aliphatic rings. The Hall–Kier alpha value is -2.88. The van der Waals surface area contributed by atoms with E-state index in [1.807, 2.05) is 0 Å². The first-order valence-electron chi connectivity index (χ1n) is 8.50. The molecule has 1 aromatic carbocycles. The van der Waals surface area contributed by atoms with Crippen LogP contribution in [0.3, 0.4) is 0 Å². The van der Waals surface area contributed by atoms with Crippen molar-refractivity contribution in [3.8, 4) is 0 Å². The number of carbonyl (C=O) groups excluding carboxylic acids is 1. The fourth-order valence-electron chi connectivity index (χ4n) is 2.59. The topological polar surface area (TPSA) is 88.2 Å². The zero-order valence-corrected chi connectivity index (χ0v) is 15.6. The Morgan fingerprint density at radius 1 is 1.29 bits per heavy atom. The summed E-state index contributed by atoms with van der Waals surface area (Å²) in [5.41, 5.74) is 0.433. The summed E-state index contributed by atoms with van der Waals surface area (Å²) in [7, 11) is 1.48. The average molecular weight is 395 g/mol. The lowest BCUT2D eigenvalue weighted by Crippen LogP contribution is -2.33. The van der Waals surface area contributed by atoms with Gasteiger partial charge in [-0.15, -0.1) is 0 Å². The molecule has 0 radical (unpaired) electrons. The molecule has 1 aliphatic heterocycles. The number of rotatable bonds is 6. The van der Waals surface area contributed by atoms with Crippen LogP contribution in [0.25, 0.3) is 0 Å². The molecule has 0 atom stereocenters. The molecule has 150 valence electrons. The van der Waals surface area contributed by atoms with Gasteiger partial charge in [-0.05, 0) is 37.6 Å². The Morgan fingerprint density at radius 2 is 2.04 bits per heavy atom. The Morgan fingerprint density at radius 3 is 2.71 bits per heavy atom. The van der Waals surface area contributed by atoms with Crippen molar-refractivity contribution < 1.29 is 22.7 Å². The zero-order chi connectivity index (χ0) is 20.5. The van der Waals surface area contributed by atoms with E-state index in [4.69, 9.17) is 4.74 Å². The van der Waals surface area contributed by atoms with Gasteiger partial charge in [-0.2, -0.15) is 18.2 Å². The first kappa shape index (κ1) is 19.9. The maximum atomic E-state index is 13.3. The monoisotopic (exact) mass is 395 g/mol. The van der Waals surface area contributed by atoms with Crippen LogP contribution >= 0.6 is 0 Å². The number of alkyl halides is 3. The van der Waals surface area contributed by atoms with Crippen LogP contribution in [0.4, 0.5) is 36.3 Å². The van der Waals surface area contributed by atoms with Crippen molar-refractivity contribution in [1.29, 1.82) is 0 Å². The molecule has 2 aromatic rings. The van der Waals surface area contributed by atoms with Gasteiger partial charge in [0.05, 0.1) is 12.0 Å². The van der Waals surface area contributed by atoms with Crippen LogP contribution in [0.15, 0.2) is 24.4 Å². The van der Waals surface area contributed by atoms with Gasteiger partial charge < -0.3 is 20.7 Å². The van der Waals surface area contributed by atoms with E-state index in [1.165, 1.54) is 7.11 Å². The quantitative estimate of drug-likeness (QED) is 0.693. The van der Waals surface area contributed by atoms with Crippen LogP contribution in [-0.2, 0) is 22.1 Å². The number of benzene rings is 1. The zero-order valence-electron chi connectivity index (χ0n) is 15.6. The van der Waals surface area contributed by atoms with E-state index in [-0.39, 0.29) is 30.6 Å².